The van der Waals surface area contributed by atoms with Crippen LogP contribution in [0, 0.1) is 5.92 Å². The van der Waals surface area contributed by atoms with Crippen molar-refractivity contribution in [2.45, 2.75) is 26.2 Å². The molecule has 1 fully saturated rings. The van der Waals surface area contributed by atoms with Crippen molar-refractivity contribution in [2.75, 3.05) is 26.7 Å². The molecular formula is C16H23N5O. The summed E-state index contributed by atoms with van der Waals surface area (Å²) in [6.45, 7) is 7.80. The number of carbonyl (C=O) groups is 1. The van der Waals surface area contributed by atoms with Gasteiger partial charge in [0.25, 0.3) is 5.91 Å². The maximum atomic E-state index is 11.9. The number of hydrogen-bond donors (Lipinski definition) is 1. The van der Waals surface area contributed by atoms with E-state index in [0.29, 0.717) is 23.0 Å². The number of fused-ring (bicyclic) bond motifs is 1. The van der Waals surface area contributed by atoms with E-state index in [2.05, 4.69) is 34.1 Å². The summed E-state index contributed by atoms with van der Waals surface area (Å²) >= 11 is 0. The van der Waals surface area contributed by atoms with Crippen molar-refractivity contribution >= 4 is 11.6 Å². The number of nitrogens with one attached hydrogen (secondary N) is 1. The van der Waals surface area contributed by atoms with Gasteiger partial charge in [-0.15, -0.1) is 0 Å². The predicted octanol–water partition coefficient (Wildman–Crippen LogP) is 1.53. The van der Waals surface area contributed by atoms with Crippen LogP contribution in [0.3, 0.4) is 0 Å². The third-order valence-electron chi connectivity index (χ3n) is 4.22. The van der Waals surface area contributed by atoms with Crippen LogP contribution in [0.4, 0.5) is 0 Å². The molecule has 1 amide bonds. The molecule has 1 aliphatic heterocycles. The first-order valence-electron chi connectivity index (χ1n) is 7.87. The van der Waals surface area contributed by atoms with Gasteiger partial charge in [0.2, 0.25) is 0 Å². The first kappa shape index (κ1) is 15.0. The first-order chi connectivity index (χ1) is 10.6. The Bertz CT molecular complexity index is 678. The van der Waals surface area contributed by atoms with Gasteiger partial charge in [-0.3, -0.25) is 4.79 Å². The van der Waals surface area contributed by atoms with Gasteiger partial charge in [-0.25, -0.2) is 9.50 Å². The summed E-state index contributed by atoms with van der Waals surface area (Å²) < 4.78 is 1.83. The molecule has 0 spiro atoms. The van der Waals surface area contributed by atoms with Gasteiger partial charge in [0, 0.05) is 32.3 Å². The minimum Gasteiger partial charge on any atom is -0.355 e. The zero-order valence-corrected chi connectivity index (χ0v) is 13.4. The van der Waals surface area contributed by atoms with E-state index in [1.807, 2.05) is 10.6 Å². The molecule has 3 rings (SSSR count). The summed E-state index contributed by atoms with van der Waals surface area (Å²) in [4.78, 5) is 18.7. The van der Waals surface area contributed by atoms with Crippen molar-refractivity contribution in [1.82, 2.24) is 24.8 Å². The Labute approximate surface area is 130 Å². The molecular weight excluding hydrogens is 278 g/mol. The van der Waals surface area contributed by atoms with Crippen LogP contribution >= 0.6 is 0 Å². The fourth-order valence-corrected chi connectivity index (χ4v) is 3.27. The Kier molecular flexibility index (Phi) is 4.11. The number of aromatic nitrogens is 3. The maximum Gasteiger partial charge on any atom is 0.256 e. The highest BCUT2D eigenvalue weighted by molar-refractivity contribution is 5.99. The molecule has 3 heterocycles. The smallest absolute Gasteiger partial charge is 0.256 e. The van der Waals surface area contributed by atoms with Crippen LogP contribution in [0.1, 0.15) is 42.2 Å². The normalized spacial score (nSPS) is 19.2. The van der Waals surface area contributed by atoms with Crippen molar-refractivity contribution < 1.29 is 4.79 Å². The highest BCUT2D eigenvalue weighted by atomic mass is 16.1. The molecule has 118 valence electrons. The maximum absolute atomic E-state index is 11.9. The van der Waals surface area contributed by atoms with Crippen molar-refractivity contribution in [2.24, 2.45) is 5.92 Å². The zero-order valence-electron chi connectivity index (χ0n) is 13.4. The molecule has 22 heavy (non-hydrogen) atoms. The van der Waals surface area contributed by atoms with Gasteiger partial charge < -0.3 is 10.2 Å². The Morgan fingerprint density at radius 3 is 3.05 bits per heavy atom. The van der Waals surface area contributed by atoms with Gasteiger partial charge in [-0.2, -0.15) is 5.10 Å². The second-order valence-electron chi connectivity index (χ2n) is 6.38. The van der Waals surface area contributed by atoms with Gasteiger partial charge in [0.05, 0.1) is 11.9 Å². The molecule has 0 aliphatic carbocycles. The third kappa shape index (κ3) is 2.70. The van der Waals surface area contributed by atoms with Crippen LogP contribution in [-0.2, 0) is 0 Å². The molecule has 0 radical (unpaired) electrons. The van der Waals surface area contributed by atoms with E-state index < -0.39 is 0 Å². The summed E-state index contributed by atoms with van der Waals surface area (Å²) in [7, 11) is 1.62. The van der Waals surface area contributed by atoms with Crippen LogP contribution in [0.25, 0.3) is 5.65 Å². The van der Waals surface area contributed by atoms with E-state index in [4.69, 9.17) is 0 Å². The second-order valence-corrected chi connectivity index (χ2v) is 6.38. The van der Waals surface area contributed by atoms with Crippen molar-refractivity contribution in [3.8, 4) is 0 Å². The van der Waals surface area contributed by atoms with Gasteiger partial charge in [-0.05, 0) is 24.9 Å². The van der Waals surface area contributed by atoms with Crippen LogP contribution in [0.15, 0.2) is 18.5 Å². The lowest BCUT2D eigenvalue weighted by Gasteiger charge is -2.18. The molecule has 1 saturated heterocycles. The standard InChI is InChI=1S/C16H23N5O/c1-11(2)9-20-7-5-12(10-20)14-4-6-18-15-13(16(22)17-3)8-19-21(14)15/h4,6,8,11-12H,5,7,9-10H2,1-3H3,(H,17,22)/t12-/m1/s1. The molecule has 0 saturated carbocycles. The fraction of sp³-hybridized carbons (Fsp3) is 0.562. The van der Waals surface area contributed by atoms with Gasteiger partial charge in [-0.1, -0.05) is 13.8 Å². The van der Waals surface area contributed by atoms with Gasteiger partial charge in [0.15, 0.2) is 5.65 Å². The number of nitrogens with zero attached hydrogens (tertiary/aromatic N) is 4. The van der Waals surface area contributed by atoms with Crippen LogP contribution in [0.5, 0.6) is 0 Å². The lowest BCUT2D eigenvalue weighted by Crippen LogP contribution is -2.25. The number of likely N-dealkylation sites (tertiary alicyclic amines) is 1. The number of hydrogen-bond acceptors (Lipinski definition) is 4. The summed E-state index contributed by atoms with van der Waals surface area (Å²) in [5.74, 6) is 0.981. The average molecular weight is 301 g/mol. The first-order valence-corrected chi connectivity index (χ1v) is 7.87. The summed E-state index contributed by atoms with van der Waals surface area (Å²) in [5.41, 5.74) is 2.31. The van der Waals surface area contributed by atoms with Crippen molar-refractivity contribution in [1.29, 1.82) is 0 Å². The third-order valence-corrected chi connectivity index (χ3v) is 4.22. The highest BCUT2D eigenvalue weighted by Crippen LogP contribution is 2.28. The fourth-order valence-electron chi connectivity index (χ4n) is 3.27. The minimum atomic E-state index is -0.146. The van der Waals surface area contributed by atoms with E-state index >= 15 is 0 Å². The van der Waals surface area contributed by atoms with Crippen LogP contribution in [0.2, 0.25) is 0 Å². The van der Waals surface area contributed by atoms with E-state index in [1.54, 1.807) is 19.4 Å². The molecule has 2 aromatic heterocycles. The molecule has 1 aliphatic rings. The van der Waals surface area contributed by atoms with Crippen LogP contribution in [-0.4, -0.2) is 52.1 Å². The lowest BCUT2D eigenvalue weighted by molar-refractivity contribution is 0.0964. The number of rotatable bonds is 4. The number of amides is 1. The quantitative estimate of drug-likeness (QED) is 0.930. The summed E-state index contributed by atoms with van der Waals surface area (Å²) in [6, 6.07) is 2.02. The molecule has 6 nitrogen and oxygen atoms in total. The van der Waals surface area contributed by atoms with E-state index in [0.717, 1.165) is 31.7 Å². The Morgan fingerprint density at radius 1 is 1.50 bits per heavy atom. The number of carbonyl (C=O) groups excluding carboxylic acids is 1. The lowest BCUT2D eigenvalue weighted by atomic mass is 10.0. The van der Waals surface area contributed by atoms with E-state index in [-0.39, 0.29) is 5.91 Å². The molecule has 6 heteroatoms. The monoisotopic (exact) mass is 301 g/mol. The van der Waals surface area contributed by atoms with Crippen molar-refractivity contribution in [3.05, 3.63) is 29.7 Å². The molecule has 2 aromatic rings. The van der Waals surface area contributed by atoms with E-state index in [9.17, 15) is 4.79 Å². The molecule has 1 N–H and O–H groups in total. The summed E-state index contributed by atoms with van der Waals surface area (Å²) in [6.07, 6.45) is 4.51. The van der Waals surface area contributed by atoms with Crippen molar-refractivity contribution in [3.63, 3.8) is 0 Å². The topological polar surface area (TPSA) is 62.5 Å². The largest absolute Gasteiger partial charge is 0.355 e. The zero-order chi connectivity index (χ0) is 15.7. The van der Waals surface area contributed by atoms with Gasteiger partial charge >= 0.3 is 0 Å². The van der Waals surface area contributed by atoms with Gasteiger partial charge in [0.1, 0.15) is 5.56 Å². The molecule has 1 atom stereocenters. The highest BCUT2D eigenvalue weighted by Gasteiger charge is 2.27. The molecule has 0 bridgehead atoms. The second kappa shape index (κ2) is 6.04. The average Bonchev–Trinajstić information content (AvgIpc) is 3.12. The molecule has 0 aromatic carbocycles. The Balaban J connectivity index is 1.89. The Hall–Kier alpha value is -1.95. The van der Waals surface area contributed by atoms with E-state index in [1.165, 1.54) is 0 Å². The Morgan fingerprint density at radius 2 is 2.32 bits per heavy atom. The van der Waals surface area contributed by atoms with Crippen LogP contribution < -0.4 is 5.32 Å². The SMILES string of the molecule is CNC(=O)c1cnn2c([C@@H]3CCN(CC(C)C)C3)ccnc12. The predicted molar refractivity (Wildman–Crippen MR) is 85.0 cm³/mol. The summed E-state index contributed by atoms with van der Waals surface area (Å²) in [5, 5.41) is 7.03. The molecule has 0 unspecified atom stereocenters. The minimum absolute atomic E-state index is 0.146.